The molecule has 3 N–H and O–H groups in total. The van der Waals surface area contributed by atoms with Crippen LogP contribution < -0.4 is 11.1 Å². The lowest BCUT2D eigenvalue weighted by Crippen LogP contribution is -2.29. The summed E-state index contributed by atoms with van der Waals surface area (Å²) in [6, 6.07) is 5.21. The number of sulfone groups is 1. The largest absolute Gasteiger partial charge is 0.375 e. The maximum absolute atomic E-state index is 12.1. The minimum atomic E-state index is -2.91. The fourth-order valence-corrected chi connectivity index (χ4v) is 5.09. The second-order valence-electron chi connectivity index (χ2n) is 5.21. The number of hydrogen-bond acceptors (Lipinski definition) is 6. The van der Waals surface area contributed by atoms with Gasteiger partial charge in [-0.15, -0.1) is 0 Å². The van der Waals surface area contributed by atoms with Crippen LogP contribution in [0.1, 0.15) is 16.8 Å². The van der Waals surface area contributed by atoms with Gasteiger partial charge in [-0.05, 0) is 30.5 Å². The summed E-state index contributed by atoms with van der Waals surface area (Å²) >= 11 is 1.33. The molecule has 8 heteroatoms. The smallest absolute Gasteiger partial charge is 0.251 e. The first-order valence-corrected chi connectivity index (χ1v) is 9.21. The van der Waals surface area contributed by atoms with Crippen LogP contribution in [0.5, 0.6) is 0 Å². The highest BCUT2D eigenvalue weighted by molar-refractivity contribution is 7.91. The molecule has 1 aromatic carbocycles. The first-order valence-electron chi connectivity index (χ1n) is 6.58. The highest BCUT2D eigenvalue weighted by Crippen LogP contribution is 2.24. The van der Waals surface area contributed by atoms with Crippen LogP contribution >= 0.6 is 11.3 Å². The normalized spacial score (nSPS) is 20.7. The van der Waals surface area contributed by atoms with Crippen LogP contribution in [0, 0.1) is 5.92 Å². The van der Waals surface area contributed by atoms with Crippen molar-refractivity contribution in [2.75, 3.05) is 23.8 Å². The molecule has 21 heavy (non-hydrogen) atoms. The van der Waals surface area contributed by atoms with E-state index in [4.69, 9.17) is 5.73 Å². The van der Waals surface area contributed by atoms with Gasteiger partial charge in [-0.2, -0.15) is 0 Å². The van der Waals surface area contributed by atoms with Crippen LogP contribution in [0.15, 0.2) is 18.2 Å². The summed E-state index contributed by atoms with van der Waals surface area (Å²) in [6.07, 6.45) is 0.618. The Morgan fingerprint density at radius 2 is 2.29 bits per heavy atom. The van der Waals surface area contributed by atoms with Gasteiger partial charge < -0.3 is 11.1 Å². The van der Waals surface area contributed by atoms with Gasteiger partial charge in [0.25, 0.3) is 5.91 Å². The standard InChI is InChI=1S/C13H15N3O3S2/c14-13-16-10-2-1-9(5-11(10)20-13)12(17)15-6-8-3-4-21(18,19)7-8/h1-2,5,8H,3-4,6-7H2,(H2,14,16)(H,15,17). The maximum Gasteiger partial charge on any atom is 0.251 e. The van der Waals surface area contributed by atoms with E-state index in [-0.39, 0.29) is 23.3 Å². The number of nitrogens with zero attached hydrogens (tertiary/aromatic N) is 1. The quantitative estimate of drug-likeness (QED) is 0.878. The van der Waals surface area contributed by atoms with Gasteiger partial charge in [0.05, 0.1) is 21.7 Å². The van der Waals surface area contributed by atoms with E-state index in [1.54, 1.807) is 18.2 Å². The van der Waals surface area contributed by atoms with E-state index in [1.807, 2.05) is 0 Å². The van der Waals surface area contributed by atoms with E-state index in [0.717, 1.165) is 10.2 Å². The summed E-state index contributed by atoms with van der Waals surface area (Å²) in [5, 5.41) is 3.27. The first kappa shape index (κ1) is 14.3. The number of anilines is 1. The van der Waals surface area contributed by atoms with Gasteiger partial charge in [0.1, 0.15) is 0 Å². The van der Waals surface area contributed by atoms with Crippen LogP contribution in [0.3, 0.4) is 0 Å². The Balaban J connectivity index is 1.66. The van der Waals surface area contributed by atoms with E-state index >= 15 is 0 Å². The lowest BCUT2D eigenvalue weighted by molar-refractivity contribution is 0.0948. The molecule has 3 rings (SSSR count). The van der Waals surface area contributed by atoms with Gasteiger partial charge in [0.15, 0.2) is 15.0 Å². The number of amides is 1. The average Bonchev–Trinajstić information content (AvgIpc) is 2.96. The second-order valence-corrected chi connectivity index (χ2v) is 8.50. The third kappa shape index (κ3) is 3.16. The van der Waals surface area contributed by atoms with Gasteiger partial charge >= 0.3 is 0 Å². The van der Waals surface area contributed by atoms with Crippen molar-refractivity contribution in [2.45, 2.75) is 6.42 Å². The molecular formula is C13H15N3O3S2. The van der Waals surface area contributed by atoms with E-state index in [9.17, 15) is 13.2 Å². The topological polar surface area (TPSA) is 102 Å². The van der Waals surface area contributed by atoms with Crippen molar-refractivity contribution in [1.29, 1.82) is 0 Å². The number of carbonyl (C=O) groups is 1. The lowest BCUT2D eigenvalue weighted by Gasteiger charge is -2.09. The number of hydrogen-bond donors (Lipinski definition) is 2. The van der Waals surface area contributed by atoms with Gasteiger partial charge in [-0.25, -0.2) is 13.4 Å². The molecule has 1 atom stereocenters. The second kappa shape index (κ2) is 5.27. The van der Waals surface area contributed by atoms with Crippen molar-refractivity contribution < 1.29 is 13.2 Å². The minimum Gasteiger partial charge on any atom is -0.375 e. The Morgan fingerprint density at radius 1 is 1.48 bits per heavy atom. The fraction of sp³-hybridized carbons (Fsp3) is 0.385. The molecule has 1 aromatic heterocycles. The number of aromatic nitrogens is 1. The lowest BCUT2D eigenvalue weighted by atomic mass is 10.1. The number of benzene rings is 1. The molecule has 1 saturated heterocycles. The van der Waals surface area contributed by atoms with Crippen LogP contribution in [-0.4, -0.2) is 37.4 Å². The molecule has 1 aliphatic heterocycles. The Bertz CT molecular complexity index is 798. The minimum absolute atomic E-state index is 0.0155. The van der Waals surface area contributed by atoms with E-state index in [0.29, 0.717) is 23.7 Å². The van der Waals surface area contributed by atoms with Crippen molar-refractivity contribution in [3.8, 4) is 0 Å². The SMILES string of the molecule is Nc1nc2ccc(C(=O)NCC3CCS(=O)(=O)C3)cc2s1. The zero-order valence-electron chi connectivity index (χ0n) is 11.2. The third-order valence-electron chi connectivity index (χ3n) is 3.55. The van der Waals surface area contributed by atoms with Crippen molar-refractivity contribution in [3.63, 3.8) is 0 Å². The highest BCUT2D eigenvalue weighted by atomic mass is 32.2. The zero-order chi connectivity index (χ0) is 15.0. The Kier molecular flexibility index (Phi) is 3.58. The summed E-state index contributed by atoms with van der Waals surface area (Å²) in [7, 11) is -2.91. The van der Waals surface area contributed by atoms with Crippen LogP contribution in [0.25, 0.3) is 10.2 Å². The molecule has 6 nitrogen and oxygen atoms in total. The molecule has 2 aromatic rings. The molecule has 0 saturated carbocycles. The van der Waals surface area contributed by atoms with Gasteiger partial charge in [0, 0.05) is 12.1 Å². The van der Waals surface area contributed by atoms with Crippen molar-refractivity contribution in [2.24, 2.45) is 5.92 Å². The van der Waals surface area contributed by atoms with Gasteiger partial charge in [-0.3, -0.25) is 4.79 Å². The zero-order valence-corrected chi connectivity index (χ0v) is 12.8. The molecule has 0 aliphatic carbocycles. The predicted octanol–water partition coefficient (Wildman–Crippen LogP) is 1.04. The van der Waals surface area contributed by atoms with E-state index in [1.165, 1.54) is 11.3 Å². The fourth-order valence-electron chi connectivity index (χ4n) is 2.46. The monoisotopic (exact) mass is 325 g/mol. The number of nitrogens with two attached hydrogens (primary N) is 1. The summed E-state index contributed by atoms with van der Waals surface area (Å²) in [6.45, 7) is 0.390. The molecule has 2 heterocycles. The maximum atomic E-state index is 12.1. The summed E-state index contributed by atoms with van der Waals surface area (Å²) < 4.78 is 23.6. The average molecular weight is 325 g/mol. The highest BCUT2D eigenvalue weighted by Gasteiger charge is 2.28. The molecule has 112 valence electrons. The van der Waals surface area contributed by atoms with Crippen LogP contribution in [0.2, 0.25) is 0 Å². The van der Waals surface area contributed by atoms with Crippen molar-refractivity contribution >= 4 is 42.4 Å². The Hall–Kier alpha value is -1.67. The van der Waals surface area contributed by atoms with E-state index < -0.39 is 9.84 Å². The summed E-state index contributed by atoms with van der Waals surface area (Å²) in [5.41, 5.74) is 6.94. The van der Waals surface area contributed by atoms with Crippen molar-refractivity contribution in [3.05, 3.63) is 23.8 Å². The molecule has 1 fully saturated rings. The Labute approximate surface area is 126 Å². The number of carbonyl (C=O) groups excluding carboxylic acids is 1. The molecule has 1 aliphatic rings. The number of thiazole rings is 1. The number of nitrogen functional groups attached to an aromatic ring is 1. The molecule has 0 spiro atoms. The predicted molar refractivity (Wildman–Crippen MR) is 83.1 cm³/mol. The number of nitrogens with one attached hydrogen (secondary N) is 1. The summed E-state index contributed by atoms with van der Waals surface area (Å²) in [4.78, 5) is 16.2. The van der Waals surface area contributed by atoms with Gasteiger partial charge in [-0.1, -0.05) is 11.3 Å². The van der Waals surface area contributed by atoms with Crippen LogP contribution in [0.4, 0.5) is 5.13 Å². The molecule has 1 unspecified atom stereocenters. The Morgan fingerprint density at radius 3 is 3.00 bits per heavy atom. The van der Waals surface area contributed by atoms with Gasteiger partial charge in [0.2, 0.25) is 0 Å². The van der Waals surface area contributed by atoms with Crippen molar-refractivity contribution in [1.82, 2.24) is 10.3 Å². The molecule has 0 radical (unpaired) electrons. The number of rotatable bonds is 3. The van der Waals surface area contributed by atoms with Crippen LogP contribution in [-0.2, 0) is 9.84 Å². The summed E-state index contributed by atoms with van der Waals surface area (Å²) in [5.74, 6) is 0.201. The van der Waals surface area contributed by atoms with E-state index in [2.05, 4.69) is 10.3 Å². The molecular weight excluding hydrogens is 310 g/mol. The third-order valence-corrected chi connectivity index (χ3v) is 6.23. The molecule has 1 amide bonds. The number of fused-ring (bicyclic) bond motifs is 1. The first-order chi connectivity index (χ1) is 9.93. The molecule has 0 bridgehead atoms.